The van der Waals surface area contributed by atoms with Crippen LogP contribution in [-0.2, 0) is 10.0 Å². The third-order valence-electron chi connectivity index (χ3n) is 2.22. The molecule has 0 aliphatic heterocycles. The van der Waals surface area contributed by atoms with Crippen LogP contribution >= 0.6 is 0 Å². The molecule has 7 heteroatoms. The summed E-state index contributed by atoms with van der Waals surface area (Å²) in [6.45, 7) is 0. The van der Waals surface area contributed by atoms with Gasteiger partial charge in [-0.25, -0.2) is 13.4 Å². The summed E-state index contributed by atoms with van der Waals surface area (Å²) in [5.74, 6) is 0.194. The van der Waals surface area contributed by atoms with E-state index in [9.17, 15) is 13.2 Å². The number of aromatic amines is 1. The van der Waals surface area contributed by atoms with Crippen molar-refractivity contribution in [3.63, 3.8) is 0 Å². The van der Waals surface area contributed by atoms with Crippen LogP contribution in [0.1, 0.15) is 10.6 Å². The maximum absolute atomic E-state index is 11.3. The molecular formula is C11H11N3O3S. The number of rotatable bonds is 4. The van der Waals surface area contributed by atoms with Crippen LogP contribution < -0.4 is 4.72 Å². The highest BCUT2D eigenvalue weighted by Gasteiger charge is 2.10. The van der Waals surface area contributed by atoms with Crippen molar-refractivity contribution >= 4 is 22.0 Å². The van der Waals surface area contributed by atoms with Crippen molar-refractivity contribution in [1.29, 1.82) is 0 Å². The second-order valence-electron chi connectivity index (χ2n) is 3.72. The van der Waals surface area contributed by atoms with Crippen LogP contribution in [-0.4, -0.2) is 30.9 Å². The third kappa shape index (κ3) is 2.75. The number of carbonyl (C=O) groups is 1. The number of sulfonamides is 1. The molecule has 0 fully saturated rings. The molecule has 18 heavy (non-hydrogen) atoms. The van der Waals surface area contributed by atoms with Crippen molar-refractivity contribution in [3.05, 3.63) is 36.3 Å². The van der Waals surface area contributed by atoms with E-state index < -0.39 is 10.0 Å². The van der Waals surface area contributed by atoms with E-state index in [1.165, 1.54) is 6.20 Å². The van der Waals surface area contributed by atoms with E-state index in [-0.39, 0.29) is 5.82 Å². The minimum absolute atomic E-state index is 0.194. The zero-order chi connectivity index (χ0) is 13.2. The predicted molar refractivity (Wildman–Crippen MR) is 67.9 cm³/mol. The second-order valence-corrected chi connectivity index (χ2v) is 5.47. The Hall–Kier alpha value is -2.15. The number of benzene rings is 1. The monoisotopic (exact) mass is 265 g/mol. The lowest BCUT2D eigenvalue weighted by atomic mass is 10.1. The number of carbonyl (C=O) groups excluding carboxylic acids is 1. The largest absolute Gasteiger partial charge is 0.336 e. The molecule has 0 atom stereocenters. The molecule has 0 spiro atoms. The molecule has 1 heterocycles. The Morgan fingerprint density at radius 1 is 1.33 bits per heavy atom. The first-order valence-electron chi connectivity index (χ1n) is 5.07. The Labute approximate surface area is 104 Å². The van der Waals surface area contributed by atoms with Crippen LogP contribution in [0.2, 0.25) is 0 Å². The zero-order valence-electron chi connectivity index (χ0n) is 9.54. The zero-order valence-corrected chi connectivity index (χ0v) is 10.4. The Bertz CT molecular complexity index is 676. The van der Waals surface area contributed by atoms with Crippen molar-refractivity contribution in [2.45, 2.75) is 0 Å². The number of imidazole rings is 1. The second kappa shape index (κ2) is 4.61. The molecule has 0 unspecified atom stereocenters. The standard InChI is InChI=1S/C11H11N3O3S/c1-18(16,17)14-9-5-3-2-4-8(9)10-6-12-11(7-15)13-10/h2-7,14H,1H3,(H,12,13). The maximum atomic E-state index is 11.3. The van der Waals surface area contributed by atoms with Crippen molar-refractivity contribution in [2.24, 2.45) is 0 Å². The van der Waals surface area contributed by atoms with Crippen molar-refractivity contribution in [3.8, 4) is 11.3 Å². The minimum Gasteiger partial charge on any atom is -0.336 e. The van der Waals surface area contributed by atoms with Crippen molar-refractivity contribution in [1.82, 2.24) is 9.97 Å². The molecule has 0 saturated heterocycles. The molecule has 94 valence electrons. The molecule has 1 aromatic heterocycles. The van der Waals surface area contributed by atoms with E-state index in [1.54, 1.807) is 24.3 Å². The van der Waals surface area contributed by atoms with Gasteiger partial charge in [0.15, 0.2) is 12.1 Å². The Kier molecular flexibility index (Phi) is 3.15. The molecule has 2 rings (SSSR count). The molecule has 0 amide bonds. The molecule has 0 bridgehead atoms. The molecular weight excluding hydrogens is 254 g/mol. The molecule has 0 aliphatic carbocycles. The summed E-state index contributed by atoms with van der Waals surface area (Å²) in [5.41, 5.74) is 1.63. The van der Waals surface area contributed by atoms with Gasteiger partial charge in [-0.15, -0.1) is 0 Å². The summed E-state index contributed by atoms with van der Waals surface area (Å²) in [6.07, 6.45) is 3.15. The topological polar surface area (TPSA) is 91.9 Å². The molecule has 0 aliphatic rings. The Morgan fingerprint density at radius 2 is 2.06 bits per heavy atom. The Morgan fingerprint density at radius 3 is 2.67 bits per heavy atom. The average molecular weight is 265 g/mol. The number of aldehydes is 1. The fraction of sp³-hybridized carbons (Fsp3) is 0.0909. The first-order valence-corrected chi connectivity index (χ1v) is 6.96. The lowest BCUT2D eigenvalue weighted by molar-refractivity contribution is 0.111. The third-order valence-corrected chi connectivity index (χ3v) is 2.81. The number of nitrogens with one attached hydrogen (secondary N) is 2. The number of hydrogen-bond acceptors (Lipinski definition) is 4. The van der Waals surface area contributed by atoms with E-state index in [0.29, 0.717) is 23.2 Å². The van der Waals surface area contributed by atoms with E-state index >= 15 is 0 Å². The molecule has 2 N–H and O–H groups in total. The van der Waals surface area contributed by atoms with Gasteiger partial charge in [0, 0.05) is 5.56 Å². The normalized spacial score (nSPS) is 11.2. The van der Waals surface area contributed by atoms with Crippen molar-refractivity contribution in [2.75, 3.05) is 11.0 Å². The predicted octanol–water partition coefficient (Wildman–Crippen LogP) is 1.26. The van der Waals surface area contributed by atoms with Gasteiger partial charge < -0.3 is 4.98 Å². The number of anilines is 1. The quantitative estimate of drug-likeness (QED) is 0.814. The number of aromatic nitrogens is 2. The molecule has 1 aromatic carbocycles. The maximum Gasteiger partial charge on any atom is 0.229 e. The highest BCUT2D eigenvalue weighted by atomic mass is 32.2. The van der Waals surface area contributed by atoms with Crippen LogP contribution in [0.15, 0.2) is 30.5 Å². The van der Waals surface area contributed by atoms with E-state index in [4.69, 9.17) is 0 Å². The number of nitrogens with zero attached hydrogens (tertiary/aromatic N) is 1. The smallest absolute Gasteiger partial charge is 0.229 e. The van der Waals surface area contributed by atoms with Gasteiger partial charge in [0.2, 0.25) is 10.0 Å². The average Bonchev–Trinajstić information content (AvgIpc) is 2.76. The number of H-pyrrole nitrogens is 1. The first-order chi connectivity index (χ1) is 8.49. The summed E-state index contributed by atoms with van der Waals surface area (Å²) < 4.78 is 24.9. The minimum atomic E-state index is -3.36. The van der Waals surface area contributed by atoms with Crippen LogP contribution in [0.4, 0.5) is 5.69 Å². The number of para-hydroxylation sites is 1. The summed E-state index contributed by atoms with van der Waals surface area (Å²) in [4.78, 5) is 17.2. The van der Waals surface area contributed by atoms with Gasteiger partial charge >= 0.3 is 0 Å². The van der Waals surface area contributed by atoms with Crippen molar-refractivity contribution < 1.29 is 13.2 Å². The Balaban J connectivity index is 2.47. The summed E-state index contributed by atoms with van der Waals surface area (Å²) >= 11 is 0. The van der Waals surface area contributed by atoms with Gasteiger partial charge in [0.05, 0.1) is 23.8 Å². The highest BCUT2D eigenvalue weighted by Crippen LogP contribution is 2.26. The van der Waals surface area contributed by atoms with E-state index in [1.807, 2.05) is 0 Å². The highest BCUT2D eigenvalue weighted by molar-refractivity contribution is 7.92. The van der Waals surface area contributed by atoms with Crippen LogP contribution in [0.3, 0.4) is 0 Å². The first kappa shape index (κ1) is 12.3. The number of hydrogen-bond donors (Lipinski definition) is 2. The fourth-order valence-corrected chi connectivity index (χ4v) is 2.12. The summed E-state index contributed by atoms with van der Waals surface area (Å²) in [5, 5.41) is 0. The van der Waals surface area contributed by atoms with E-state index in [2.05, 4.69) is 14.7 Å². The van der Waals surface area contributed by atoms with Gasteiger partial charge in [-0.05, 0) is 6.07 Å². The van der Waals surface area contributed by atoms with Gasteiger partial charge in [0.25, 0.3) is 0 Å². The van der Waals surface area contributed by atoms with Gasteiger partial charge in [-0.1, -0.05) is 18.2 Å². The van der Waals surface area contributed by atoms with Crippen LogP contribution in [0.25, 0.3) is 11.3 Å². The molecule has 2 aromatic rings. The summed E-state index contributed by atoms with van der Waals surface area (Å²) in [6, 6.07) is 6.85. The van der Waals surface area contributed by atoms with Gasteiger partial charge in [-0.2, -0.15) is 0 Å². The van der Waals surface area contributed by atoms with Gasteiger partial charge in [-0.3, -0.25) is 9.52 Å². The van der Waals surface area contributed by atoms with Crippen LogP contribution in [0, 0.1) is 0 Å². The lowest BCUT2D eigenvalue weighted by Crippen LogP contribution is -2.10. The molecule has 6 nitrogen and oxygen atoms in total. The fourth-order valence-electron chi connectivity index (χ4n) is 1.54. The van der Waals surface area contributed by atoms with E-state index in [0.717, 1.165) is 6.26 Å². The molecule has 0 saturated carbocycles. The van der Waals surface area contributed by atoms with Crippen LogP contribution in [0.5, 0.6) is 0 Å². The molecule has 0 radical (unpaired) electrons. The van der Waals surface area contributed by atoms with Gasteiger partial charge in [0.1, 0.15) is 0 Å². The SMILES string of the molecule is CS(=O)(=O)Nc1ccccc1-c1cnc(C=O)[nH]1. The summed E-state index contributed by atoms with van der Waals surface area (Å²) in [7, 11) is -3.36. The lowest BCUT2D eigenvalue weighted by Gasteiger charge is -2.08.